The molecule has 20 heavy (non-hydrogen) atoms. The van der Waals surface area contributed by atoms with E-state index < -0.39 is 0 Å². The van der Waals surface area contributed by atoms with E-state index in [1.165, 1.54) is 44.2 Å². The Kier molecular flexibility index (Phi) is 5.55. The topological polar surface area (TPSA) is 28.2 Å². The summed E-state index contributed by atoms with van der Waals surface area (Å²) in [5, 5.41) is 3.59. The van der Waals surface area contributed by atoms with Crippen molar-refractivity contribution in [3.8, 4) is 0 Å². The monoisotopic (exact) mass is 275 g/mol. The molecule has 0 aliphatic heterocycles. The number of pyridine rings is 1. The lowest BCUT2D eigenvalue weighted by Gasteiger charge is -2.46. The van der Waals surface area contributed by atoms with Crippen molar-refractivity contribution in [2.45, 2.75) is 56.5 Å². The van der Waals surface area contributed by atoms with Gasteiger partial charge in [-0.2, -0.15) is 0 Å². The molecule has 3 nitrogen and oxygen atoms in total. The maximum absolute atomic E-state index is 4.52. The molecule has 112 valence electrons. The molecule has 0 radical (unpaired) electrons. The third-order valence-corrected chi connectivity index (χ3v) is 5.00. The van der Waals surface area contributed by atoms with Crippen molar-refractivity contribution in [1.29, 1.82) is 0 Å². The van der Waals surface area contributed by atoms with Crippen molar-refractivity contribution in [3.05, 3.63) is 30.1 Å². The fraction of sp³-hybridized carbons (Fsp3) is 0.706. The fourth-order valence-corrected chi connectivity index (χ4v) is 3.74. The first-order valence-electron chi connectivity index (χ1n) is 7.93. The lowest BCUT2D eigenvalue weighted by atomic mass is 9.79. The smallest absolute Gasteiger partial charge is 0.0419 e. The van der Waals surface area contributed by atoms with Gasteiger partial charge in [0.2, 0.25) is 0 Å². The molecule has 1 N–H and O–H groups in total. The van der Waals surface area contributed by atoms with Crippen LogP contribution < -0.4 is 5.32 Å². The molecule has 1 saturated carbocycles. The molecule has 0 spiro atoms. The highest BCUT2D eigenvalue weighted by Gasteiger charge is 2.40. The van der Waals surface area contributed by atoms with Gasteiger partial charge in [0.15, 0.2) is 0 Å². The van der Waals surface area contributed by atoms with Gasteiger partial charge in [-0.05, 0) is 46.1 Å². The predicted octanol–water partition coefficient (Wildman–Crippen LogP) is 2.87. The third kappa shape index (κ3) is 3.39. The van der Waals surface area contributed by atoms with Crippen LogP contribution in [0.5, 0.6) is 0 Å². The Balaban J connectivity index is 2.20. The molecule has 1 unspecified atom stereocenters. The first kappa shape index (κ1) is 15.5. The van der Waals surface area contributed by atoms with Gasteiger partial charge in [-0.25, -0.2) is 0 Å². The van der Waals surface area contributed by atoms with Crippen LogP contribution in [0.3, 0.4) is 0 Å². The highest BCUT2D eigenvalue weighted by Crippen LogP contribution is 2.35. The molecule has 1 aromatic heterocycles. The maximum atomic E-state index is 4.52. The van der Waals surface area contributed by atoms with Gasteiger partial charge in [-0.15, -0.1) is 0 Å². The molecule has 2 rings (SSSR count). The van der Waals surface area contributed by atoms with Gasteiger partial charge in [-0.3, -0.25) is 4.98 Å². The zero-order chi connectivity index (χ0) is 14.4. The minimum absolute atomic E-state index is 0.267. The molecule has 3 heteroatoms. The molecule has 0 saturated heterocycles. The van der Waals surface area contributed by atoms with Crippen molar-refractivity contribution in [3.63, 3.8) is 0 Å². The van der Waals surface area contributed by atoms with Gasteiger partial charge in [0.05, 0.1) is 0 Å². The normalized spacial score (nSPS) is 20.6. The van der Waals surface area contributed by atoms with Crippen LogP contribution in [-0.4, -0.2) is 42.6 Å². The van der Waals surface area contributed by atoms with E-state index in [1.54, 1.807) is 0 Å². The Labute approximate surface area is 123 Å². The van der Waals surface area contributed by atoms with Crippen LogP contribution in [-0.2, 0) is 6.42 Å². The van der Waals surface area contributed by atoms with Crippen molar-refractivity contribution in [2.75, 3.05) is 21.1 Å². The van der Waals surface area contributed by atoms with Crippen molar-refractivity contribution >= 4 is 0 Å². The molecule has 1 atom stereocenters. The van der Waals surface area contributed by atoms with Crippen molar-refractivity contribution < 1.29 is 0 Å². The standard InChI is InChI=1S/C17H29N3/c1-18-16(14-15-10-6-9-13-19-15)17(20(2)3)11-7-4-5-8-12-17/h6,9-10,13,16,18H,4-5,7-8,11-12,14H2,1-3H3. The van der Waals surface area contributed by atoms with Gasteiger partial charge in [0.25, 0.3) is 0 Å². The summed E-state index contributed by atoms with van der Waals surface area (Å²) in [4.78, 5) is 6.98. The molecule has 1 fully saturated rings. The number of rotatable bonds is 5. The molecule has 1 aromatic rings. The largest absolute Gasteiger partial charge is 0.315 e. The summed E-state index contributed by atoms with van der Waals surface area (Å²) in [5.74, 6) is 0. The van der Waals surface area contributed by atoms with E-state index in [4.69, 9.17) is 0 Å². The highest BCUT2D eigenvalue weighted by molar-refractivity contribution is 5.10. The summed E-state index contributed by atoms with van der Waals surface area (Å²) >= 11 is 0. The van der Waals surface area contributed by atoms with E-state index in [2.05, 4.69) is 48.5 Å². The Morgan fingerprint density at radius 3 is 2.40 bits per heavy atom. The van der Waals surface area contributed by atoms with Crippen LogP contribution in [0.1, 0.15) is 44.2 Å². The minimum atomic E-state index is 0.267. The predicted molar refractivity (Wildman–Crippen MR) is 84.9 cm³/mol. The first-order valence-corrected chi connectivity index (χ1v) is 7.93. The average Bonchev–Trinajstić information content (AvgIpc) is 2.72. The molecular weight excluding hydrogens is 246 g/mol. The zero-order valence-corrected chi connectivity index (χ0v) is 13.2. The number of nitrogens with one attached hydrogen (secondary N) is 1. The number of hydrogen-bond donors (Lipinski definition) is 1. The fourth-order valence-electron chi connectivity index (χ4n) is 3.74. The van der Waals surface area contributed by atoms with Crippen LogP contribution in [0.25, 0.3) is 0 Å². The van der Waals surface area contributed by atoms with Gasteiger partial charge in [0.1, 0.15) is 0 Å². The molecule has 0 bridgehead atoms. The Bertz CT molecular complexity index is 380. The van der Waals surface area contributed by atoms with Gasteiger partial charge in [-0.1, -0.05) is 31.7 Å². The van der Waals surface area contributed by atoms with Crippen LogP contribution in [0.4, 0.5) is 0 Å². The molecule has 0 amide bonds. The summed E-state index contributed by atoms with van der Waals surface area (Å²) in [7, 11) is 6.59. The van der Waals surface area contributed by atoms with E-state index in [0.717, 1.165) is 6.42 Å². The second-order valence-electron chi connectivity index (χ2n) is 6.28. The number of nitrogens with zero attached hydrogens (tertiary/aromatic N) is 2. The summed E-state index contributed by atoms with van der Waals surface area (Å²) in [6.07, 6.45) is 11.0. The number of likely N-dealkylation sites (N-methyl/N-ethyl adjacent to an activating group) is 2. The van der Waals surface area contributed by atoms with Crippen LogP contribution in [0.15, 0.2) is 24.4 Å². The van der Waals surface area contributed by atoms with E-state index in [0.29, 0.717) is 6.04 Å². The Hall–Kier alpha value is -0.930. The van der Waals surface area contributed by atoms with E-state index in [9.17, 15) is 0 Å². The first-order chi connectivity index (χ1) is 9.69. The highest BCUT2D eigenvalue weighted by atomic mass is 15.2. The summed E-state index contributed by atoms with van der Waals surface area (Å²) in [6, 6.07) is 6.69. The lowest BCUT2D eigenvalue weighted by molar-refractivity contribution is 0.0831. The van der Waals surface area contributed by atoms with Gasteiger partial charge < -0.3 is 10.2 Å². The summed E-state index contributed by atoms with van der Waals surface area (Å²) in [5.41, 5.74) is 1.46. The van der Waals surface area contributed by atoms with Crippen LogP contribution in [0.2, 0.25) is 0 Å². The van der Waals surface area contributed by atoms with Crippen molar-refractivity contribution in [1.82, 2.24) is 15.2 Å². The summed E-state index contributed by atoms with van der Waals surface area (Å²) in [6.45, 7) is 0. The maximum Gasteiger partial charge on any atom is 0.0419 e. The Morgan fingerprint density at radius 2 is 1.90 bits per heavy atom. The molecule has 1 aliphatic rings. The Morgan fingerprint density at radius 1 is 1.20 bits per heavy atom. The molecule has 1 heterocycles. The minimum Gasteiger partial charge on any atom is -0.315 e. The number of hydrogen-bond acceptors (Lipinski definition) is 3. The van der Waals surface area contributed by atoms with Crippen molar-refractivity contribution in [2.24, 2.45) is 0 Å². The summed E-state index contributed by atoms with van der Waals surface area (Å²) < 4.78 is 0. The van der Waals surface area contributed by atoms with E-state index in [1.807, 2.05) is 12.3 Å². The van der Waals surface area contributed by atoms with Crippen LogP contribution >= 0.6 is 0 Å². The second kappa shape index (κ2) is 7.19. The lowest BCUT2D eigenvalue weighted by Crippen LogP contribution is -2.59. The zero-order valence-electron chi connectivity index (χ0n) is 13.2. The molecule has 0 aromatic carbocycles. The van der Waals surface area contributed by atoms with Crippen LogP contribution in [0, 0.1) is 0 Å². The molecular formula is C17H29N3. The van der Waals surface area contributed by atoms with Gasteiger partial charge in [0, 0.05) is 29.9 Å². The third-order valence-electron chi connectivity index (χ3n) is 5.00. The SMILES string of the molecule is CNC(Cc1ccccn1)C1(N(C)C)CCCCCC1. The van der Waals surface area contributed by atoms with E-state index >= 15 is 0 Å². The van der Waals surface area contributed by atoms with Gasteiger partial charge >= 0.3 is 0 Å². The second-order valence-corrected chi connectivity index (χ2v) is 6.28. The molecule has 1 aliphatic carbocycles. The quantitative estimate of drug-likeness (QED) is 0.838. The number of aromatic nitrogens is 1. The van der Waals surface area contributed by atoms with E-state index in [-0.39, 0.29) is 5.54 Å². The average molecular weight is 275 g/mol.